The number of aliphatic hydroxyl groups is 1. The lowest BCUT2D eigenvalue weighted by Gasteiger charge is -2.50. The number of benzene rings is 1. The molecule has 0 bridgehead atoms. The summed E-state index contributed by atoms with van der Waals surface area (Å²) < 4.78 is 67.2. The lowest BCUT2D eigenvalue weighted by Crippen LogP contribution is -2.61. The number of hydrogen-bond acceptors (Lipinski definition) is 19. The summed E-state index contributed by atoms with van der Waals surface area (Å²) in [7, 11) is 6.59. The van der Waals surface area contributed by atoms with Gasteiger partial charge in [-0.15, -0.1) is 0 Å². The lowest BCUT2D eigenvalue weighted by molar-refractivity contribution is -0.320. The van der Waals surface area contributed by atoms with Crippen LogP contribution in [0.5, 0.6) is 0 Å². The zero-order chi connectivity index (χ0) is 51.1. The van der Waals surface area contributed by atoms with Crippen LogP contribution in [-0.4, -0.2) is 159 Å². The predicted molar refractivity (Wildman–Crippen MR) is 242 cm³/mol. The van der Waals surface area contributed by atoms with Gasteiger partial charge < -0.3 is 62.1 Å². The van der Waals surface area contributed by atoms with E-state index in [0.29, 0.717) is 6.42 Å². The van der Waals surface area contributed by atoms with Crippen molar-refractivity contribution in [2.75, 3.05) is 34.9 Å². The molecule has 4 rings (SSSR count). The van der Waals surface area contributed by atoms with Crippen LogP contribution in [0.25, 0.3) is 0 Å². The monoisotopic (exact) mass is 965 g/mol. The fraction of sp³-hybridized carbons (Fsp3) is 0.755. The molecule has 3 aliphatic rings. The first-order chi connectivity index (χ1) is 31.7. The number of carbonyl (C=O) groups is 6. The van der Waals surface area contributed by atoms with E-state index in [9.17, 15) is 33.9 Å². The van der Waals surface area contributed by atoms with Crippen LogP contribution in [-0.2, 0) is 71.3 Å². The Morgan fingerprint density at radius 3 is 2.01 bits per heavy atom. The normalized spacial score (nSPS) is 39.0. The van der Waals surface area contributed by atoms with Gasteiger partial charge in [0.15, 0.2) is 30.4 Å². The van der Waals surface area contributed by atoms with Crippen molar-refractivity contribution in [3.8, 4) is 0 Å². The molecule has 3 heterocycles. The van der Waals surface area contributed by atoms with Crippen LogP contribution in [0.1, 0.15) is 112 Å². The molecule has 0 saturated carbocycles. The number of cyclic esters (lactones) is 2. The van der Waals surface area contributed by atoms with Gasteiger partial charge in [0.2, 0.25) is 0 Å². The molecular formula is C49H75NO18. The number of ketones is 1. The summed E-state index contributed by atoms with van der Waals surface area (Å²) in [6.07, 6.45) is -10.3. The van der Waals surface area contributed by atoms with E-state index in [1.165, 1.54) is 40.2 Å². The van der Waals surface area contributed by atoms with Gasteiger partial charge in [0.25, 0.3) is 0 Å². The Hall–Kier alpha value is -4.08. The van der Waals surface area contributed by atoms with Crippen molar-refractivity contribution in [1.82, 2.24) is 4.90 Å². The van der Waals surface area contributed by atoms with Gasteiger partial charge in [-0.2, -0.15) is 0 Å². The average Bonchev–Trinajstić information content (AvgIpc) is 3.28. The van der Waals surface area contributed by atoms with Gasteiger partial charge in [-0.05, 0) is 87.0 Å². The molecule has 3 saturated heterocycles. The van der Waals surface area contributed by atoms with Crippen LogP contribution in [0.15, 0.2) is 30.3 Å². The molecule has 3 aliphatic heterocycles. The molecule has 68 heavy (non-hydrogen) atoms. The second-order valence-electron chi connectivity index (χ2n) is 19.5. The molecule has 0 unspecified atom stereocenters. The molecule has 1 aromatic rings. The van der Waals surface area contributed by atoms with Gasteiger partial charge in [0, 0.05) is 45.3 Å². The zero-order valence-electron chi connectivity index (χ0n) is 42.3. The summed E-state index contributed by atoms with van der Waals surface area (Å²) in [5, 5.41) is 11.5. The number of rotatable bonds is 11. The van der Waals surface area contributed by atoms with Crippen molar-refractivity contribution in [3.05, 3.63) is 35.9 Å². The summed E-state index contributed by atoms with van der Waals surface area (Å²) in [6.45, 7) is 17.3. The van der Waals surface area contributed by atoms with E-state index in [1.807, 2.05) is 25.9 Å². The average molecular weight is 966 g/mol. The highest BCUT2D eigenvalue weighted by atomic mass is 16.8. The van der Waals surface area contributed by atoms with Crippen LogP contribution < -0.4 is 0 Å². The molecule has 384 valence electrons. The van der Waals surface area contributed by atoms with Crippen molar-refractivity contribution in [3.63, 3.8) is 0 Å². The molecule has 0 spiro atoms. The number of likely N-dealkylation sites (N-methyl/N-ethyl adjacent to an activating group) is 1. The highest BCUT2D eigenvalue weighted by Crippen LogP contribution is 2.42. The first-order valence-electron chi connectivity index (χ1n) is 23.4. The maximum absolute atomic E-state index is 14.6. The van der Waals surface area contributed by atoms with Crippen LogP contribution in [0, 0.1) is 23.7 Å². The molecule has 1 N–H and O–H groups in total. The third-order valence-electron chi connectivity index (χ3n) is 13.7. The Bertz CT molecular complexity index is 1890. The second kappa shape index (κ2) is 23.7. The fourth-order valence-corrected chi connectivity index (χ4v) is 9.66. The first-order valence-corrected chi connectivity index (χ1v) is 23.4. The molecule has 0 amide bonds. The van der Waals surface area contributed by atoms with E-state index in [4.69, 9.17) is 52.1 Å². The molecule has 19 nitrogen and oxygen atoms in total. The fourth-order valence-electron chi connectivity index (χ4n) is 9.66. The Kier molecular flexibility index (Phi) is 19.7. The van der Waals surface area contributed by atoms with Crippen LogP contribution >= 0.6 is 0 Å². The van der Waals surface area contributed by atoms with Gasteiger partial charge in [-0.25, -0.2) is 14.4 Å². The maximum Gasteiger partial charge on any atom is 0.516 e. The Balaban J connectivity index is 1.84. The standard InChI is InChI=1S/C49H75NO18/c1-16-35-49(11,57)45(55)60-25-27(3)37(52)26(2)23-47(9,58-14)40(66-44-39(63-32(8)51)34(50(12)13)22-28(4)61-44)29(5)38(30(6)42(53)64-35)65-36-24-48(10,59-15)41(31(7)62-36)67-46(56)68-43(54)33-20-18-17-19-21-33/h17-21,26-31,34-36,38-41,44,57H,16,22-25H2,1-15H3/t26-,27-,28-,29+,30-,31+,34+,35-,36+,38+,39-,40-,41+,44+,47-,48-,49-/m1/s1. The van der Waals surface area contributed by atoms with Gasteiger partial charge in [0.05, 0.1) is 47.5 Å². The highest BCUT2D eigenvalue weighted by Gasteiger charge is 2.55. The summed E-state index contributed by atoms with van der Waals surface area (Å²) >= 11 is 0. The number of esters is 4. The number of nitrogens with zero attached hydrogens (tertiary/aromatic N) is 1. The van der Waals surface area contributed by atoms with Crippen LogP contribution in [0.4, 0.5) is 4.79 Å². The third-order valence-corrected chi connectivity index (χ3v) is 13.7. The Morgan fingerprint density at radius 1 is 0.824 bits per heavy atom. The van der Waals surface area contributed by atoms with Crippen LogP contribution in [0.3, 0.4) is 0 Å². The zero-order valence-corrected chi connectivity index (χ0v) is 42.3. The molecule has 0 aliphatic carbocycles. The molecular weight excluding hydrogens is 891 g/mol. The minimum Gasteiger partial charge on any atom is -0.463 e. The molecule has 17 atom stereocenters. The second-order valence-corrected chi connectivity index (χ2v) is 19.5. The number of ether oxygens (including phenoxy) is 11. The van der Waals surface area contributed by atoms with Crippen molar-refractivity contribution in [1.29, 1.82) is 0 Å². The van der Waals surface area contributed by atoms with Crippen molar-refractivity contribution < 1.29 is 86.0 Å². The Labute approximate surface area is 400 Å². The predicted octanol–water partition coefficient (Wildman–Crippen LogP) is 5.19. The molecule has 0 aromatic heterocycles. The molecule has 3 fully saturated rings. The summed E-state index contributed by atoms with van der Waals surface area (Å²) in [4.78, 5) is 82.4. The highest BCUT2D eigenvalue weighted by molar-refractivity contribution is 5.95. The van der Waals surface area contributed by atoms with E-state index >= 15 is 0 Å². The molecule has 19 heteroatoms. The van der Waals surface area contributed by atoms with E-state index in [2.05, 4.69) is 0 Å². The number of hydrogen-bond donors (Lipinski definition) is 1. The SMILES string of the molecule is CC[C@H]1OC(=O)[C@H](C)[C@@H](O[C@H]2C[C@@](C)(OC)[C@@H](OC(=O)OC(=O)c3ccccc3)[C@H](C)O2)[C@H](C)[C@@H](O[C@@H]2O[C@H](C)C[C@H](N(C)C)[C@H]2OC(C)=O)[C@](C)(OC)C[C@@H](C)C(=O)[C@H](C)COC(=O)[C@]1(C)O. The van der Waals surface area contributed by atoms with Crippen molar-refractivity contribution in [2.45, 2.75) is 180 Å². The quantitative estimate of drug-likeness (QED) is 0.171. The first kappa shape index (κ1) is 56.5. The Morgan fingerprint density at radius 2 is 1.44 bits per heavy atom. The van der Waals surface area contributed by atoms with E-state index < -0.39 is 120 Å². The van der Waals surface area contributed by atoms with Gasteiger partial charge >= 0.3 is 30.0 Å². The third kappa shape index (κ3) is 13.4. The lowest BCUT2D eigenvalue weighted by atomic mass is 9.76. The molecule has 1 aromatic carbocycles. The summed E-state index contributed by atoms with van der Waals surface area (Å²) in [5.41, 5.74) is -4.88. The van der Waals surface area contributed by atoms with E-state index in [0.717, 1.165) is 0 Å². The van der Waals surface area contributed by atoms with Crippen LogP contribution in [0.2, 0.25) is 0 Å². The minimum absolute atomic E-state index is 0.00136. The number of methoxy groups -OCH3 is 2. The smallest absolute Gasteiger partial charge is 0.463 e. The van der Waals surface area contributed by atoms with Gasteiger partial charge in [-0.1, -0.05) is 45.9 Å². The van der Waals surface area contributed by atoms with Crippen molar-refractivity contribution >= 4 is 35.8 Å². The number of Topliss-reactive ketones (excluding diaryl/α,β-unsaturated/α-hetero) is 1. The largest absolute Gasteiger partial charge is 0.516 e. The van der Waals surface area contributed by atoms with Crippen molar-refractivity contribution in [2.24, 2.45) is 23.7 Å². The maximum atomic E-state index is 14.6. The van der Waals surface area contributed by atoms with Gasteiger partial charge in [-0.3, -0.25) is 14.4 Å². The summed E-state index contributed by atoms with van der Waals surface area (Å²) in [5.74, 6) is -7.34. The topological polar surface area (TPSA) is 227 Å². The summed E-state index contributed by atoms with van der Waals surface area (Å²) in [6, 6.07) is 7.57. The number of carbonyl (C=O) groups excluding carboxylic acids is 6. The van der Waals surface area contributed by atoms with E-state index in [-0.39, 0.29) is 49.4 Å². The minimum atomic E-state index is -2.31. The molecule has 0 radical (unpaired) electrons. The van der Waals surface area contributed by atoms with Gasteiger partial charge in [0.1, 0.15) is 24.1 Å². The van der Waals surface area contributed by atoms with E-state index in [1.54, 1.807) is 73.6 Å².